The zero-order valence-electron chi connectivity index (χ0n) is 12.5. The Kier molecular flexibility index (Phi) is 4.42. The molecule has 2 amide bonds. The zero-order chi connectivity index (χ0) is 15.4. The van der Waals surface area contributed by atoms with Gasteiger partial charge < -0.3 is 15.0 Å². The van der Waals surface area contributed by atoms with Crippen molar-refractivity contribution in [3.8, 4) is 0 Å². The second-order valence-corrected chi connectivity index (χ2v) is 5.75. The third kappa shape index (κ3) is 3.67. The smallest absolute Gasteiger partial charge is 0.410 e. The van der Waals surface area contributed by atoms with Crippen LogP contribution < -0.4 is 5.32 Å². The molecule has 1 heterocycles. The lowest BCUT2D eigenvalue weighted by Gasteiger charge is -2.14. The molecular weight excluding hydrogens is 280 g/mol. The van der Waals surface area contributed by atoms with Crippen molar-refractivity contribution in [1.82, 2.24) is 4.90 Å². The number of amides is 2. The van der Waals surface area contributed by atoms with Gasteiger partial charge in [0.05, 0.1) is 6.54 Å². The Morgan fingerprint density at radius 3 is 3.05 bits per heavy atom. The van der Waals surface area contributed by atoms with Gasteiger partial charge in [0, 0.05) is 18.7 Å². The van der Waals surface area contributed by atoms with Gasteiger partial charge in [-0.1, -0.05) is 24.3 Å². The molecule has 1 N–H and O–H groups in total. The first-order valence-electron chi connectivity index (χ1n) is 7.68. The molecule has 0 radical (unpaired) electrons. The number of anilines is 1. The Morgan fingerprint density at radius 1 is 1.41 bits per heavy atom. The predicted octanol–water partition coefficient (Wildman–Crippen LogP) is 2.93. The maximum Gasteiger partial charge on any atom is 0.410 e. The van der Waals surface area contributed by atoms with E-state index >= 15 is 0 Å². The largest absolute Gasteiger partial charge is 0.448 e. The van der Waals surface area contributed by atoms with Crippen LogP contribution >= 0.6 is 0 Å². The summed E-state index contributed by atoms with van der Waals surface area (Å²) in [5, 5.41) is 2.94. The first-order chi connectivity index (χ1) is 10.7. The molecule has 1 aromatic carbocycles. The maximum absolute atomic E-state index is 12.0. The minimum absolute atomic E-state index is 0.0364. The van der Waals surface area contributed by atoms with Gasteiger partial charge in [0.25, 0.3) is 0 Å². The van der Waals surface area contributed by atoms with Crippen molar-refractivity contribution in [1.29, 1.82) is 0 Å². The number of carbonyl (C=O) groups excluding carboxylic acids is 2. The number of rotatable bonds is 5. The summed E-state index contributed by atoms with van der Waals surface area (Å²) < 4.78 is 4.92. The molecule has 22 heavy (non-hydrogen) atoms. The van der Waals surface area contributed by atoms with Crippen molar-refractivity contribution in [3.05, 3.63) is 42.0 Å². The first-order valence-corrected chi connectivity index (χ1v) is 7.68. The molecule has 3 rings (SSSR count). The number of hydrogen-bond donors (Lipinski definition) is 1. The van der Waals surface area contributed by atoms with Crippen molar-refractivity contribution >= 4 is 17.7 Å². The Morgan fingerprint density at radius 2 is 2.32 bits per heavy atom. The average molecular weight is 300 g/mol. The summed E-state index contributed by atoms with van der Waals surface area (Å²) in [6.07, 6.45) is 6.63. The molecule has 1 aromatic rings. The highest BCUT2D eigenvalue weighted by molar-refractivity contribution is 5.91. The summed E-state index contributed by atoms with van der Waals surface area (Å²) >= 11 is 0. The van der Waals surface area contributed by atoms with Gasteiger partial charge >= 0.3 is 6.09 Å². The molecule has 1 fully saturated rings. The van der Waals surface area contributed by atoms with E-state index in [2.05, 4.69) is 17.5 Å². The molecule has 5 nitrogen and oxygen atoms in total. The minimum Gasteiger partial charge on any atom is -0.448 e. The molecule has 5 heteroatoms. The molecule has 0 bridgehead atoms. The summed E-state index contributed by atoms with van der Waals surface area (Å²) in [6.45, 7) is 1.57. The topological polar surface area (TPSA) is 58.6 Å². The molecule has 1 saturated heterocycles. The molecule has 116 valence electrons. The Hall–Kier alpha value is -2.30. The van der Waals surface area contributed by atoms with E-state index in [0.29, 0.717) is 32.0 Å². The maximum atomic E-state index is 12.0. The highest BCUT2D eigenvalue weighted by atomic mass is 16.6. The second kappa shape index (κ2) is 6.64. The van der Waals surface area contributed by atoms with Crippen molar-refractivity contribution in [2.75, 3.05) is 18.5 Å². The van der Waals surface area contributed by atoms with Crippen LogP contribution in [0.5, 0.6) is 0 Å². The van der Waals surface area contributed by atoms with Crippen LogP contribution in [0.25, 0.3) is 0 Å². The predicted molar refractivity (Wildman–Crippen MR) is 83.3 cm³/mol. The molecular formula is C17H20N2O3. The SMILES string of the molecule is O=C(C[C@@H]1C=CCC1)Nc1cccc(CN2CCOC2=O)c1. The first kappa shape index (κ1) is 14.6. The van der Waals surface area contributed by atoms with Crippen LogP contribution in [0.2, 0.25) is 0 Å². The van der Waals surface area contributed by atoms with Crippen molar-refractivity contribution < 1.29 is 14.3 Å². The van der Waals surface area contributed by atoms with E-state index in [-0.39, 0.29) is 12.0 Å². The number of carbonyl (C=O) groups is 2. The van der Waals surface area contributed by atoms with Gasteiger partial charge in [0.15, 0.2) is 0 Å². The van der Waals surface area contributed by atoms with E-state index in [1.54, 1.807) is 4.90 Å². The lowest BCUT2D eigenvalue weighted by atomic mass is 10.0. The van der Waals surface area contributed by atoms with E-state index in [0.717, 1.165) is 24.1 Å². The van der Waals surface area contributed by atoms with Gasteiger partial charge in [-0.25, -0.2) is 4.79 Å². The van der Waals surface area contributed by atoms with E-state index in [1.165, 1.54) is 0 Å². The number of nitrogens with zero attached hydrogens (tertiary/aromatic N) is 1. The number of benzene rings is 1. The number of cyclic esters (lactones) is 1. The van der Waals surface area contributed by atoms with Gasteiger partial charge in [-0.3, -0.25) is 4.79 Å². The van der Waals surface area contributed by atoms with Gasteiger partial charge in [-0.15, -0.1) is 0 Å². The van der Waals surface area contributed by atoms with Gasteiger partial charge in [-0.2, -0.15) is 0 Å². The van der Waals surface area contributed by atoms with Crippen LogP contribution in [0.4, 0.5) is 10.5 Å². The monoisotopic (exact) mass is 300 g/mol. The van der Waals surface area contributed by atoms with Crippen molar-refractivity contribution in [2.24, 2.45) is 5.92 Å². The lowest BCUT2D eigenvalue weighted by Crippen LogP contribution is -2.23. The number of nitrogens with one attached hydrogen (secondary N) is 1. The normalized spacial score (nSPS) is 20.3. The van der Waals surface area contributed by atoms with E-state index in [9.17, 15) is 9.59 Å². The fourth-order valence-electron chi connectivity index (χ4n) is 2.85. The van der Waals surface area contributed by atoms with Crippen molar-refractivity contribution in [2.45, 2.75) is 25.8 Å². The van der Waals surface area contributed by atoms with Gasteiger partial charge in [0.1, 0.15) is 6.61 Å². The molecule has 0 aromatic heterocycles. The second-order valence-electron chi connectivity index (χ2n) is 5.75. The van der Waals surface area contributed by atoms with E-state index < -0.39 is 0 Å². The molecule has 1 aliphatic carbocycles. The van der Waals surface area contributed by atoms with Crippen LogP contribution in [0.15, 0.2) is 36.4 Å². The van der Waals surface area contributed by atoms with Crippen LogP contribution in [-0.4, -0.2) is 30.1 Å². The molecule has 1 aliphatic heterocycles. The minimum atomic E-state index is -0.276. The highest BCUT2D eigenvalue weighted by Gasteiger charge is 2.21. The standard InChI is InChI=1S/C17H20N2O3/c20-16(11-13-4-1-2-5-13)18-15-7-3-6-14(10-15)12-19-8-9-22-17(19)21/h1,3-4,6-7,10,13H,2,5,8-9,11-12H2,(H,18,20)/t13-/m1/s1. The van der Waals surface area contributed by atoms with E-state index in [1.807, 2.05) is 24.3 Å². The number of ether oxygens (including phenoxy) is 1. The van der Waals surface area contributed by atoms with Crippen LogP contribution in [0, 0.1) is 5.92 Å². The fraction of sp³-hybridized carbons (Fsp3) is 0.412. The summed E-state index contributed by atoms with van der Waals surface area (Å²) in [5.74, 6) is 0.400. The molecule has 0 unspecified atom stereocenters. The summed E-state index contributed by atoms with van der Waals surface area (Å²) in [4.78, 5) is 25.2. The molecule has 0 spiro atoms. The highest BCUT2D eigenvalue weighted by Crippen LogP contribution is 2.21. The average Bonchev–Trinajstić information content (AvgIpc) is 3.12. The Labute approximate surface area is 129 Å². The molecule has 1 atom stereocenters. The summed E-state index contributed by atoms with van der Waals surface area (Å²) in [7, 11) is 0. The number of hydrogen-bond acceptors (Lipinski definition) is 3. The zero-order valence-corrected chi connectivity index (χ0v) is 12.5. The van der Waals surface area contributed by atoms with Crippen molar-refractivity contribution in [3.63, 3.8) is 0 Å². The fourth-order valence-corrected chi connectivity index (χ4v) is 2.85. The lowest BCUT2D eigenvalue weighted by molar-refractivity contribution is -0.116. The molecule has 0 saturated carbocycles. The third-order valence-corrected chi connectivity index (χ3v) is 3.99. The van der Waals surface area contributed by atoms with Crippen LogP contribution in [0.1, 0.15) is 24.8 Å². The van der Waals surface area contributed by atoms with Crippen LogP contribution in [-0.2, 0) is 16.1 Å². The van der Waals surface area contributed by atoms with Gasteiger partial charge in [-0.05, 0) is 36.5 Å². The Balaban J connectivity index is 1.57. The quantitative estimate of drug-likeness (QED) is 0.851. The van der Waals surface area contributed by atoms with E-state index in [4.69, 9.17) is 4.74 Å². The van der Waals surface area contributed by atoms with Crippen LogP contribution in [0.3, 0.4) is 0 Å². The Bertz CT molecular complexity index is 597. The van der Waals surface area contributed by atoms with Gasteiger partial charge in [0.2, 0.25) is 5.91 Å². The number of allylic oxidation sites excluding steroid dienone is 2. The molecule has 2 aliphatic rings. The summed E-state index contributed by atoms with van der Waals surface area (Å²) in [5.41, 5.74) is 1.76. The summed E-state index contributed by atoms with van der Waals surface area (Å²) in [6, 6.07) is 7.62. The third-order valence-electron chi connectivity index (χ3n) is 3.99.